The maximum atomic E-state index is 13.5. The second-order valence-electron chi connectivity index (χ2n) is 10.8. The molecule has 0 aliphatic heterocycles. The van der Waals surface area contributed by atoms with Crippen LogP contribution in [-0.2, 0) is 23.0 Å². The molecule has 0 radical (unpaired) electrons. The molecule has 7 nitrogen and oxygen atoms in total. The highest BCUT2D eigenvalue weighted by molar-refractivity contribution is 7.09. The summed E-state index contributed by atoms with van der Waals surface area (Å²) in [4.78, 5) is 24.2. The van der Waals surface area contributed by atoms with Crippen LogP contribution in [0.15, 0.2) is 57.4 Å². The van der Waals surface area contributed by atoms with Gasteiger partial charge in [0.15, 0.2) is 4.80 Å². The number of halogens is 3. The highest BCUT2D eigenvalue weighted by atomic mass is 32.1. The summed E-state index contributed by atoms with van der Waals surface area (Å²) in [7, 11) is 0. The molecule has 0 saturated carbocycles. The van der Waals surface area contributed by atoms with Crippen LogP contribution in [0.3, 0.4) is 0 Å². The molecular weight excluding hydrogens is 519 g/mol. The molecule has 0 saturated heterocycles. The minimum absolute atomic E-state index is 0.0396. The first-order valence-electron chi connectivity index (χ1n) is 11.9. The molecule has 0 unspecified atom stereocenters. The van der Waals surface area contributed by atoms with E-state index in [1.54, 1.807) is 29.9 Å². The molecule has 3 rings (SSSR count). The lowest BCUT2D eigenvalue weighted by molar-refractivity contribution is -0.137. The van der Waals surface area contributed by atoms with Crippen molar-refractivity contribution in [1.82, 2.24) is 4.57 Å². The second kappa shape index (κ2) is 11.2. The maximum absolute atomic E-state index is 13.5. The van der Waals surface area contributed by atoms with Crippen molar-refractivity contribution in [2.24, 2.45) is 10.1 Å². The number of rotatable bonds is 7. The Balaban J connectivity index is 2.02. The minimum Gasteiger partial charge on any atom is -0.487 e. The number of nitrogens with zero attached hydrogens (tertiary/aromatic N) is 3. The number of hydrogen-bond donors (Lipinski definition) is 0. The molecule has 2 aromatic heterocycles. The second-order valence-corrected chi connectivity index (χ2v) is 11.8. The zero-order chi connectivity index (χ0) is 28.3. The Bertz CT molecular complexity index is 1360. The summed E-state index contributed by atoms with van der Waals surface area (Å²) in [6, 6.07) is 6.28. The van der Waals surface area contributed by atoms with Gasteiger partial charge in [0, 0.05) is 11.1 Å². The normalized spacial score (nSPS) is 13.6. The van der Waals surface area contributed by atoms with E-state index in [1.807, 2.05) is 47.7 Å². The highest BCUT2D eigenvalue weighted by Crippen LogP contribution is 2.33. The van der Waals surface area contributed by atoms with E-state index < -0.39 is 23.2 Å². The lowest BCUT2D eigenvalue weighted by Gasteiger charge is -2.16. The molecule has 0 aliphatic carbocycles. The summed E-state index contributed by atoms with van der Waals surface area (Å²) < 4.78 is 53.4. The summed E-state index contributed by atoms with van der Waals surface area (Å²) in [5, 5.41) is 3.98. The molecule has 0 atom stereocenters. The van der Waals surface area contributed by atoms with Gasteiger partial charge in [-0.3, -0.25) is 4.79 Å². The molecule has 0 spiro atoms. The van der Waals surface area contributed by atoms with Crippen molar-refractivity contribution in [3.63, 3.8) is 0 Å². The van der Waals surface area contributed by atoms with Gasteiger partial charge in [-0.15, -0.1) is 11.3 Å². The van der Waals surface area contributed by atoms with Crippen LogP contribution in [0.2, 0.25) is 0 Å². The molecule has 1 amide bonds. The predicted molar refractivity (Wildman–Crippen MR) is 140 cm³/mol. The van der Waals surface area contributed by atoms with Crippen LogP contribution in [0.1, 0.15) is 75.0 Å². The van der Waals surface area contributed by atoms with Gasteiger partial charge >= 0.3 is 6.18 Å². The van der Waals surface area contributed by atoms with E-state index in [-0.39, 0.29) is 23.3 Å². The van der Waals surface area contributed by atoms with Crippen LogP contribution in [0.25, 0.3) is 0 Å². The molecule has 3 aromatic rings. The van der Waals surface area contributed by atoms with Crippen LogP contribution < -0.4 is 9.54 Å². The number of alkyl halides is 3. The van der Waals surface area contributed by atoms with Crippen LogP contribution >= 0.6 is 11.3 Å². The fraction of sp³-hybridized carbons (Fsp3) is 0.444. The van der Waals surface area contributed by atoms with Gasteiger partial charge in [-0.25, -0.2) is 0 Å². The molecule has 0 N–H and O–H groups in total. The number of amides is 1. The third-order valence-electron chi connectivity index (χ3n) is 5.01. The summed E-state index contributed by atoms with van der Waals surface area (Å²) in [6.07, 6.45) is -1.23. The van der Waals surface area contributed by atoms with E-state index in [0.29, 0.717) is 22.8 Å². The Kier molecular flexibility index (Phi) is 8.60. The van der Waals surface area contributed by atoms with Gasteiger partial charge in [0.1, 0.15) is 23.7 Å². The monoisotopic (exact) mass is 551 g/mol. The molecule has 38 heavy (non-hydrogen) atoms. The maximum Gasteiger partial charge on any atom is 0.416 e. The summed E-state index contributed by atoms with van der Waals surface area (Å²) in [6.45, 7) is 13.4. The number of hydrogen-bond acceptors (Lipinski definition) is 6. The lowest BCUT2D eigenvalue weighted by atomic mass is 9.95. The molecule has 206 valence electrons. The zero-order valence-corrected chi connectivity index (χ0v) is 23.3. The van der Waals surface area contributed by atoms with Crippen molar-refractivity contribution in [2.75, 3.05) is 6.61 Å². The SMILES string of the molecule is CC(COc1ccc(C(F)(F)F)cc1C(=O)/N=c1\sc(C(C)(C)C)cn1Cc1ccco1)=NOC(C)(C)C. The lowest BCUT2D eigenvalue weighted by Crippen LogP contribution is -2.19. The first-order valence-corrected chi connectivity index (χ1v) is 12.7. The van der Waals surface area contributed by atoms with Crippen molar-refractivity contribution in [3.8, 4) is 5.75 Å². The van der Waals surface area contributed by atoms with Crippen LogP contribution in [0.5, 0.6) is 5.75 Å². The molecule has 2 heterocycles. The number of aromatic nitrogens is 1. The molecule has 0 fully saturated rings. The third kappa shape index (κ3) is 8.08. The van der Waals surface area contributed by atoms with Gasteiger partial charge in [0.25, 0.3) is 5.91 Å². The highest BCUT2D eigenvalue weighted by Gasteiger charge is 2.32. The van der Waals surface area contributed by atoms with Crippen LogP contribution in [0, 0.1) is 0 Å². The average Bonchev–Trinajstić information content (AvgIpc) is 3.45. The Labute approximate surface area is 223 Å². The predicted octanol–water partition coefficient (Wildman–Crippen LogP) is 6.82. The number of benzene rings is 1. The van der Waals surface area contributed by atoms with E-state index >= 15 is 0 Å². The van der Waals surface area contributed by atoms with Crippen molar-refractivity contribution in [1.29, 1.82) is 0 Å². The summed E-state index contributed by atoms with van der Waals surface area (Å²) in [5.41, 5.74) is -1.59. The minimum atomic E-state index is -4.65. The van der Waals surface area contributed by atoms with E-state index in [4.69, 9.17) is 14.0 Å². The van der Waals surface area contributed by atoms with Gasteiger partial charge in [0.05, 0.1) is 29.6 Å². The Hall–Kier alpha value is -3.34. The standard InChI is InChI=1S/C27H32F3N3O4S/c1-17(32-37-26(5,6)7)16-36-21-11-10-18(27(28,29)30)13-20(21)23(34)31-24-33(14-19-9-8-12-35-19)15-22(38-24)25(2,3)4/h8-13,15H,14,16H2,1-7H3/b31-24-,32-17?. The molecule has 0 bridgehead atoms. The average molecular weight is 552 g/mol. The fourth-order valence-corrected chi connectivity index (χ4v) is 4.11. The number of thiazole rings is 1. The van der Waals surface area contributed by atoms with Crippen molar-refractivity contribution < 1.29 is 32.0 Å². The van der Waals surface area contributed by atoms with Crippen molar-refractivity contribution in [2.45, 2.75) is 72.2 Å². The molecule has 11 heteroatoms. The Morgan fingerprint density at radius 1 is 1.11 bits per heavy atom. The van der Waals surface area contributed by atoms with E-state index in [1.165, 1.54) is 11.3 Å². The fourth-order valence-electron chi connectivity index (χ4n) is 3.07. The smallest absolute Gasteiger partial charge is 0.416 e. The molecular formula is C27H32F3N3O4S. The zero-order valence-electron chi connectivity index (χ0n) is 22.5. The third-order valence-corrected chi connectivity index (χ3v) is 6.46. The van der Waals surface area contributed by atoms with Gasteiger partial charge in [0.2, 0.25) is 0 Å². The first kappa shape index (κ1) is 29.2. The number of carbonyl (C=O) groups excluding carboxylic acids is 1. The first-order chi connectivity index (χ1) is 17.5. The number of oxime groups is 1. The van der Waals surface area contributed by atoms with E-state index in [0.717, 1.165) is 23.1 Å². The quantitative estimate of drug-likeness (QED) is 0.239. The summed E-state index contributed by atoms with van der Waals surface area (Å²) in [5.74, 6) is -0.253. The van der Waals surface area contributed by atoms with Crippen molar-refractivity contribution in [3.05, 3.63) is 69.4 Å². The Morgan fingerprint density at radius 3 is 2.39 bits per heavy atom. The molecule has 1 aromatic carbocycles. The van der Waals surface area contributed by atoms with Crippen molar-refractivity contribution >= 4 is 23.0 Å². The number of ether oxygens (including phenoxy) is 1. The number of carbonyl (C=O) groups is 1. The van der Waals surface area contributed by atoms with E-state index in [9.17, 15) is 18.0 Å². The number of furan rings is 1. The molecule has 0 aliphatic rings. The van der Waals surface area contributed by atoms with Gasteiger partial charge in [-0.1, -0.05) is 25.9 Å². The summed E-state index contributed by atoms with van der Waals surface area (Å²) >= 11 is 1.29. The topological polar surface area (TPSA) is 78.3 Å². The van der Waals surface area contributed by atoms with E-state index in [2.05, 4.69) is 10.1 Å². The van der Waals surface area contributed by atoms with Gasteiger partial charge < -0.3 is 18.6 Å². The van der Waals surface area contributed by atoms with Crippen LogP contribution in [0.4, 0.5) is 13.2 Å². The van der Waals surface area contributed by atoms with Crippen LogP contribution in [-0.4, -0.2) is 28.4 Å². The van der Waals surface area contributed by atoms with Gasteiger partial charge in [-0.05, 0) is 63.4 Å². The Morgan fingerprint density at radius 2 is 1.82 bits per heavy atom. The van der Waals surface area contributed by atoms with Gasteiger partial charge in [-0.2, -0.15) is 18.2 Å². The largest absolute Gasteiger partial charge is 0.487 e.